The Morgan fingerprint density at radius 1 is 0.966 bits per heavy atom. The summed E-state index contributed by atoms with van der Waals surface area (Å²) in [4.78, 5) is 25.4. The summed E-state index contributed by atoms with van der Waals surface area (Å²) in [6, 6.07) is 10.8. The molecule has 0 spiro atoms. The molecule has 0 aliphatic carbocycles. The molecule has 6 nitrogen and oxygen atoms in total. The average Bonchev–Trinajstić information content (AvgIpc) is 2.74. The number of carbonyl (C=O) groups is 1. The van der Waals surface area contributed by atoms with E-state index in [1.165, 1.54) is 11.1 Å². The minimum Gasteiger partial charge on any atom is -0.338 e. The van der Waals surface area contributed by atoms with Gasteiger partial charge in [0.1, 0.15) is 0 Å². The predicted molar refractivity (Wildman–Crippen MR) is 117 cm³/mol. The fourth-order valence-corrected chi connectivity index (χ4v) is 3.75. The van der Waals surface area contributed by atoms with Gasteiger partial charge in [-0.2, -0.15) is 0 Å². The first kappa shape index (κ1) is 21.2. The van der Waals surface area contributed by atoms with E-state index < -0.39 is 0 Å². The molecule has 1 aliphatic rings. The molecule has 29 heavy (non-hydrogen) atoms. The Labute approximate surface area is 174 Å². The second-order valence-electron chi connectivity index (χ2n) is 8.34. The van der Waals surface area contributed by atoms with Crippen molar-refractivity contribution in [3.63, 3.8) is 0 Å². The van der Waals surface area contributed by atoms with Crippen molar-refractivity contribution < 1.29 is 4.79 Å². The summed E-state index contributed by atoms with van der Waals surface area (Å²) < 4.78 is 0. The van der Waals surface area contributed by atoms with Crippen molar-refractivity contribution in [3.05, 3.63) is 53.9 Å². The van der Waals surface area contributed by atoms with Gasteiger partial charge in [-0.05, 0) is 29.0 Å². The van der Waals surface area contributed by atoms with E-state index in [1.54, 1.807) is 12.4 Å². The Hall–Kier alpha value is -2.47. The predicted octanol–water partition coefficient (Wildman–Crippen LogP) is 3.24. The van der Waals surface area contributed by atoms with E-state index in [0.29, 0.717) is 31.5 Å². The van der Waals surface area contributed by atoms with E-state index in [2.05, 4.69) is 72.1 Å². The van der Waals surface area contributed by atoms with Crippen LogP contribution in [0.3, 0.4) is 0 Å². The van der Waals surface area contributed by atoms with Gasteiger partial charge in [0.05, 0.1) is 6.54 Å². The number of carbonyl (C=O) groups excluding carboxylic acids is 1. The average molecular weight is 396 g/mol. The fourth-order valence-electron chi connectivity index (χ4n) is 3.75. The normalized spacial score (nSPS) is 15.8. The molecule has 1 saturated heterocycles. The smallest absolute Gasteiger partial charge is 0.236 e. The summed E-state index contributed by atoms with van der Waals surface area (Å²) in [7, 11) is 0. The molecule has 1 atom stereocenters. The van der Waals surface area contributed by atoms with Crippen LogP contribution in [0.5, 0.6) is 0 Å². The van der Waals surface area contributed by atoms with Gasteiger partial charge in [-0.3, -0.25) is 4.79 Å². The second kappa shape index (κ2) is 9.83. The number of nitrogens with zero attached hydrogens (tertiary/aromatic N) is 4. The Morgan fingerprint density at radius 2 is 1.55 bits per heavy atom. The Balaban J connectivity index is 1.53. The number of piperazine rings is 1. The SMILES string of the molecule is CC(C)c1ccc([C@@H](NCC(=O)N2CCN(c3ncccn3)CC2)C(C)C)cc1. The van der Waals surface area contributed by atoms with E-state index >= 15 is 0 Å². The molecule has 3 rings (SSSR count). The number of rotatable bonds is 7. The van der Waals surface area contributed by atoms with E-state index in [-0.39, 0.29) is 11.9 Å². The van der Waals surface area contributed by atoms with Gasteiger partial charge in [0.2, 0.25) is 11.9 Å². The first-order valence-electron chi connectivity index (χ1n) is 10.6. The molecule has 0 saturated carbocycles. The van der Waals surface area contributed by atoms with Crippen molar-refractivity contribution in [1.82, 2.24) is 20.2 Å². The third-order valence-electron chi connectivity index (χ3n) is 5.57. The minimum atomic E-state index is 0.156. The molecule has 6 heteroatoms. The molecule has 1 N–H and O–H groups in total. The Kier molecular flexibility index (Phi) is 7.20. The van der Waals surface area contributed by atoms with Gasteiger partial charge in [0.15, 0.2) is 0 Å². The lowest BCUT2D eigenvalue weighted by molar-refractivity contribution is -0.130. The molecule has 1 aliphatic heterocycles. The molecule has 0 radical (unpaired) electrons. The van der Waals surface area contributed by atoms with Gasteiger partial charge >= 0.3 is 0 Å². The van der Waals surface area contributed by atoms with E-state index in [4.69, 9.17) is 0 Å². The quantitative estimate of drug-likeness (QED) is 0.780. The summed E-state index contributed by atoms with van der Waals surface area (Å²) in [5, 5.41) is 3.49. The number of amides is 1. The molecule has 1 fully saturated rings. The monoisotopic (exact) mass is 395 g/mol. The zero-order valence-corrected chi connectivity index (χ0v) is 18.0. The lowest BCUT2D eigenvalue weighted by atomic mass is 9.93. The van der Waals surface area contributed by atoms with Gasteiger partial charge in [0.25, 0.3) is 0 Å². The second-order valence-corrected chi connectivity index (χ2v) is 8.34. The lowest BCUT2D eigenvalue weighted by Gasteiger charge is -2.35. The standard InChI is InChI=1S/C23H33N5O/c1-17(2)19-6-8-20(9-7-19)22(18(3)4)26-16-21(29)27-12-14-28(15-13-27)23-24-10-5-11-25-23/h5-11,17-18,22,26H,12-16H2,1-4H3/t22-/m0/s1. The molecule has 2 heterocycles. The highest BCUT2D eigenvalue weighted by molar-refractivity contribution is 5.78. The minimum absolute atomic E-state index is 0.156. The first-order valence-corrected chi connectivity index (χ1v) is 10.6. The highest BCUT2D eigenvalue weighted by Gasteiger charge is 2.24. The van der Waals surface area contributed by atoms with Crippen molar-refractivity contribution in [2.75, 3.05) is 37.6 Å². The van der Waals surface area contributed by atoms with E-state index in [0.717, 1.165) is 19.0 Å². The highest BCUT2D eigenvalue weighted by atomic mass is 16.2. The third-order valence-corrected chi connectivity index (χ3v) is 5.57. The van der Waals surface area contributed by atoms with Crippen LogP contribution < -0.4 is 10.2 Å². The molecule has 0 unspecified atom stereocenters. The zero-order valence-electron chi connectivity index (χ0n) is 18.0. The van der Waals surface area contributed by atoms with Crippen LogP contribution in [0, 0.1) is 5.92 Å². The molecular weight excluding hydrogens is 362 g/mol. The van der Waals surface area contributed by atoms with Crippen LogP contribution in [0.4, 0.5) is 5.95 Å². The van der Waals surface area contributed by atoms with Crippen LogP contribution in [-0.2, 0) is 4.79 Å². The fraction of sp³-hybridized carbons (Fsp3) is 0.522. The van der Waals surface area contributed by atoms with Crippen LogP contribution in [0.15, 0.2) is 42.7 Å². The highest BCUT2D eigenvalue weighted by Crippen LogP contribution is 2.24. The summed E-state index contributed by atoms with van der Waals surface area (Å²) >= 11 is 0. The number of aromatic nitrogens is 2. The van der Waals surface area contributed by atoms with Gasteiger partial charge in [0, 0.05) is 44.6 Å². The summed E-state index contributed by atoms with van der Waals surface area (Å²) in [5.41, 5.74) is 2.58. The van der Waals surface area contributed by atoms with Crippen LogP contribution in [0.25, 0.3) is 0 Å². The lowest BCUT2D eigenvalue weighted by Crippen LogP contribution is -2.51. The number of benzene rings is 1. The summed E-state index contributed by atoms with van der Waals surface area (Å²) in [6.45, 7) is 12.1. The zero-order chi connectivity index (χ0) is 20.8. The molecular formula is C23H33N5O. The van der Waals surface area contributed by atoms with Crippen LogP contribution >= 0.6 is 0 Å². The Bertz CT molecular complexity index is 768. The van der Waals surface area contributed by atoms with Crippen molar-refractivity contribution in [1.29, 1.82) is 0 Å². The summed E-state index contributed by atoms with van der Waals surface area (Å²) in [5.74, 6) is 1.82. The van der Waals surface area contributed by atoms with E-state index in [9.17, 15) is 4.79 Å². The van der Waals surface area contributed by atoms with Gasteiger partial charge in [-0.25, -0.2) is 9.97 Å². The molecule has 1 aromatic heterocycles. The van der Waals surface area contributed by atoms with Gasteiger partial charge in [-0.15, -0.1) is 0 Å². The van der Waals surface area contributed by atoms with Crippen LogP contribution in [0.1, 0.15) is 50.8 Å². The van der Waals surface area contributed by atoms with Crippen LogP contribution in [-0.4, -0.2) is 53.5 Å². The number of hydrogen-bond donors (Lipinski definition) is 1. The number of hydrogen-bond acceptors (Lipinski definition) is 5. The van der Waals surface area contributed by atoms with Gasteiger partial charge < -0.3 is 15.1 Å². The molecule has 0 bridgehead atoms. The third kappa shape index (κ3) is 5.54. The maximum Gasteiger partial charge on any atom is 0.236 e. The summed E-state index contributed by atoms with van der Waals surface area (Å²) in [6.07, 6.45) is 3.51. The van der Waals surface area contributed by atoms with Gasteiger partial charge in [-0.1, -0.05) is 52.0 Å². The molecule has 156 valence electrons. The maximum atomic E-state index is 12.8. The maximum absolute atomic E-state index is 12.8. The number of anilines is 1. The van der Waals surface area contributed by atoms with Crippen LogP contribution in [0.2, 0.25) is 0 Å². The van der Waals surface area contributed by atoms with Crippen molar-refractivity contribution in [3.8, 4) is 0 Å². The molecule has 2 aromatic rings. The molecule has 1 aromatic carbocycles. The number of nitrogens with one attached hydrogen (secondary N) is 1. The largest absolute Gasteiger partial charge is 0.338 e. The Morgan fingerprint density at radius 3 is 2.10 bits per heavy atom. The first-order chi connectivity index (χ1) is 14.0. The van der Waals surface area contributed by atoms with Crippen molar-refractivity contribution >= 4 is 11.9 Å². The molecule has 1 amide bonds. The van der Waals surface area contributed by atoms with E-state index in [1.807, 2.05) is 11.0 Å². The topological polar surface area (TPSA) is 61.4 Å². The van der Waals surface area contributed by atoms with Crippen molar-refractivity contribution in [2.45, 2.75) is 39.7 Å². The van der Waals surface area contributed by atoms with Crippen molar-refractivity contribution in [2.24, 2.45) is 5.92 Å².